The van der Waals surface area contributed by atoms with Gasteiger partial charge in [-0.2, -0.15) is 0 Å². The molecule has 2 rings (SSSR count). The third kappa shape index (κ3) is 3.31. The van der Waals surface area contributed by atoms with E-state index in [4.69, 9.17) is 4.74 Å². The van der Waals surface area contributed by atoms with Gasteiger partial charge in [-0.05, 0) is 32.0 Å². The van der Waals surface area contributed by atoms with Gasteiger partial charge in [-0.15, -0.1) is 11.3 Å². The normalized spacial score (nSPS) is 12.4. The molecular formula is C13H14BrNO2S. The summed E-state index contributed by atoms with van der Waals surface area (Å²) >= 11 is 4.97. The van der Waals surface area contributed by atoms with Crippen LogP contribution in [0, 0.1) is 6.92 Å². The molecule has 18 heavy (non-hydrogen) atoms. The van der Waals surface area contributed by atoms with Gasteiger partial charge in [0.2, 0.25) is 0 Å². The molecule has 0 saturated carbocycles. The van der Waals surface area contributed by atoms with Crippen molar-refractivity contribution in [2.75, 3.05) is 0 Å². The lowest BCUT2D eigenvalue weighted by molar-refractivity contribution is 0.190. The molecule has 1 N–H and O–H groups in total. The van der Waals surface area contributed by atoms with Crippen molar-refractivity contribution < 1.29 is 9.84 Å². The van der Waals surface area contributed by atoms with Gasteiger partial charge >= 0.3 is 0 Å². The van der Waals surface area contributed by atoms with Gasteiger partial charge in [0.05, 0.1) is 6.10 Å². The monoisotopic (exact) mass is 327 g/mol. The predicted molar refractivity (Wildman–Crippen MR) is 76.0 cm³/mol. The minimum Gasteiger partial charge on any atom is -0.486 e. The van der Waals surface area contributed by atoms with Crippen molar-refractivity contribution in [3.8, 4) is 5.75 Å². The largest absolute Gasteiger partial charge is 0.486 e. The molecule has 3 nitrogen and oxygen atoms in total. The fourth-order valence-electron chi connectivity index (χ4n) is 1.59. The number of aliphatic hydroxyl groups excluding tert-OH is 1. The Morgan fingerprint density at radius 2 is 2.28 bits per heavy atom. The van der Waals surface area contributed by atoms with E-state index in [9.17, 15) is 5.11 Å². The lowest BCUT2D eigenvalue weighted by Crippen LogP contribution is -2.01. The summed E-state index contributed by atoms with van der Waals surface area (Å²) in [5.74, 6) is 0.695. The maximum absolute atomic E-state index is 9.72. The standard InChI is InChI=1S/C13H14BrNO2S/c1-8-7-18-13(15-8)6-17-12-4-3-10(14)5-11(12)9(2)16/h3-5,7,9,16H,6H2,1-2H3/t9-/m1/s1. The van der Waals surface area contributed by atoms with Crippen LogP contribution in [-0.4, -0.2) is 10.1 Å². The molecule has 0 spiro atoms. The Morgan fingerprint density at radius 1 is 1.50 bits per heavy atom. The van der Waals surface area contributed by atoms with Gasteiger partial charge in [-0.1, -0.05) is 15.9 Å². The number of aromatic nitrogens is 1. The van der Waals surface area contributed by atoms with Gasteiger partial charge in [0.1, 0.15) is 17.4 Å². The van der Waals surface area contributed by atoms with Gasteiger partial charge in [0, 0.05) is 21.1 Å². The lowest BCUT2D eigenvalue weighted by atomic mass is 10.1. The number of aryl methyl sites for hydroxylation is 1. The average Bonchev–Trinajstić information content (AvgIpc) is 2.73. The molecule has 1 heterocycles. The first-order chi connectivity index (χ1) is 8.56. The van der Waals surface area contributed by atoms with E-state index in [0.717, 1.165) is 20.7 Å². The van der Waals surface area contributed by atoms with E-state index in [1.165, 1.54) is 0 Å². The first-order valence-corrected chi connectivity index (χ1v) is 7.25. The summed E-state index contributed by atoms with van der Waals surface area (Å²) in [6, 6.07) is 5.62. The van der Waals surface area contributed by atoms with Crippen LogP contribution in [0.15, 0.2) is 28.1 Å². The SMILES string of the molecule is Cc1csc(COc2ccc(Br)cc2[C@@H](C)O)n1. The van der Waals surface area contributed by atoms with Crippen LogP contribution in [0.4, 0.5) is 0 Å². The molecule has 0 bridgehead atoms. The quantitative estimate of drug-likeness (QED) is 0.927. The zero-order valence-electron chi connectivity index (χ0n) is 10.2. The van der Waals surface area contributed by atoms with Crippen molar-refractivity contribution in [3.05, 3.63) is 44.3 Å². The highest BCUT2D eigenvalue weighted by Gasteiger charge is 2.10. The van der Waals surface area contributed by atoms with Crippen LogP contribution in [0.1, 0.15) is 29.3 Å². The third-order valence-corrected chi connectivity index (χ3v) is 3.87. The number of ether oxygens (including phenoxy) is 1. The highest BCUT2D eigenvalue weighted by Crippen LogP contribution is 2.29. The van der Waals surface area contributed by atoms with Gasteiger partial charge < -0.3 is 9.84 Å². The highest BCUT2D eigenvalue weighted by molar-refractivity contribution is 9.10. The molecule has 2 aromatic rings. The molecule has 0 aliphatic rings. The van der Waals surface area contributed by atoms with Crippen molar-refractivity contribution >= 4 is 27.3 Å². The average molecular weight is 328 g/mol. The molecule has 0 amide bonds. The number of aliphatic hydroxyl groups is 1. The van der Waals surface area contributed by atoms with E-state index in [2.05, 4.69) is 20.9 Å². The summed E-state index contributed by atoms with van der Waals surface area (Å²) in [4.78, 5) is 4.34. The highest BCUT2D eigenvalue weighted by atomic mass is 79.9. The molecule has 0 saturated heterocycles. The molecule has 0 radical (unpaired) electrons. The van der Waals surface area contributed by atoms with Crippen molar-refractivity contribution in [2.45, 2.75) is 26.6 Å². The molecule has 0 aliphatic heterocycles. The predicted octanol–water partition coefficient (Wildman–Crippen LogP) is 3.85. The Balaban J connectivity index is 2.13. The van der Waals surface area contributed by atoms with Crippen molar-refractivity contribution in [1.29, 1.82) is 0 Å². The van der Waals surface area contributed by atoms with Crippen LogP contribution in [0.5, 0.6) is 5.75 Å². The second-order valence-corrected chi connectivity index (χ2v) is 5.89. The smallest absolute Gasteiger partial charge is 0.140 e. The number of rotatable bonds is 4. The maximum atomic E-state index is 9.72. The van der Waals surface area contributed by atoms with E-state index in [-0.39, 0.29) is 0 Å². The van der Waals surface area contributed by atoms with Gasteiger partial charge in [-0.25, -0.2) is 4.98 Å². The van der Waals surface area contributed by atoms with E-state index in [0.29, 0.717) is 12.4 Å². The molecular weight excluding hydrogens is 314 g/mol. The minimum atomic E-state index is -0.560. The van der Waals surface area contributed by atoms with Crippen molar-refractivity contribution in [2.24, 2.45) is 0 Å². The first kappa shape index (κ1) is 13.5. The van der Waals surface area contributed by atoms with Crippen molar-refractivity contribution in [3.63, 3.8) is 0 Å². The fourth-order valence-corrected chi connectivity index (χ4v) is 2.65. The summed E-state index contributed by atoms with van der Waals surface area (Å²) in [5.41, 5.74) is 1.78. The molecule has 1 aromatic carbocycles. The molecule has 5 heteroatoms. The number of benzene rings is 1. The summed E-state index contributed by atoms with van der Waals surface area (Å²) < 4.78 is 6.65. The summed E-state index contributed by atoms with van der Waals surface area (Å²) in [7, 11) is 0. The Hall–Kier alpha value is -0.910. The summed E-state index contributed by atoms with van der Waals surface area (Å²) in [6.45, 7) is 4.11. The molecule has 1 aromatic heterocycles. The van der Waals surface area contributed by atoms with Crippen LogP contribution in [0.2, 0.25) is 0 Å². The van der Waals surface area contributed by atoms with Crippen molar-refractivity contribution in [1.82, 2.24) is 4.98 Å². The second-order valence-electron chi connectivity index (χ2n) is 4.03. The number of thiazole rings is 1. The number of halogens is 1. The van der Waals surface area contributed by atoms with E-state index < -0.39 is 6.10 Å². The third-order valence-electron chi connectivity index (χ3n) is 2.44. The van der Waals surface area contributed by atoms with Crippen LogP contribution in [0.3, 0.4) is 0 Å². The molecule has 1 atom stereocenters. The second kappa shape index (κ2) is 5.82. The minimum absolute atomic E-state index is 0.430. The Morgan fingerprint density at radius 3 is 2.89 bits per heavy atom. The zero-order chi connectivity index (χ0) is 13.1. The van der Waals surface area contributed by atoms with E-state index in [1.807, 2.05) is 30.5 Å². The number of nitrogens with zero attached hydrogens (tertiary/aromatic N) is 1. The lowest BCUT2D eigenvalue weighted by Gasteiger charge is -2.13. The number of hydrogen-bond donors (Lipinski definition) is 1. The van der Waals surface area contributed by atoms with Crippen LogP contribution in [-0.2, 0) is 6.61 Å². The van der Waals surface area contributed by atoms with Gasteiger partial charge in [0.15, 0.2) is 0 Å². The first-order valence-electron chi connectivity index (χ1n) is 5.57. The van der Waals surface area contributed by atoms with Crippen LogP contribution in [0.25, 0.3) is 0 Å². The zero-order valence-corrected chi connectivity index (χ0v) is 12.6. The van der Waals surface area contributed by atoms with E-state index >= 15 is 0 Å². The van der Waals surface area contributed by atoms with Crippen LogP contribution >= 0.6 is 27.3 Å². The van der Waals surface area contributed by atoms with Gasteiger partial charge in [-0.3, -0.25) is 0 Å². The molecule has 0 aliphatic carbocycles. The Labute approximate surface area is 119 Å². The molecule has 0 fully saturated rings. The van der Waals surface area contributed by atoms with Gasteiger partial charge in [0.25, 0.3) is 0 Å². The number of hydrogen-bond acceptors (Lipinski definition) is 4. The Bertz CT molecular complexity index is 540. The summed E-state index contributed by atoms with van der Waals surface area (Å²) in [6.07, 6.45) is -0.560. The maximum Gasteiger partial charge on any atom is 0.140 e. The molecule has 96 valence electrons. The van der Waals surface area contributed by atoms with Crippen LogP contribution < -0.4 is 4.74 Å². The summed E-state index contributed by atoms with van der Waals surface area (Å²) in [5, 5.41) is 12.6. The van der Waals surface area contributed by atoms with E-state index in [1.54, 1.807) is 18.3 Å². The topological polar surface area (TPSA) is 42.4 Å². The Kier molecular flexibility index (Phi) is 4.37. The molecule has 0 unspecified atom stereocenters. The fraction of sp³-hybridized carbons (Fsp3) is 0.308.